The summed E-state index contributed by atoms with van der Waals surface area (Å²) in [5.74, 6) is 0. The third kappa shape index (κ3) is 3.38. The van der Waals surface area contributed by atoms with Crippen LogP contribution in [0.5, 0.6) is 0 Å². The first-order chi connectivity index (χ1) is 9.44. The van der Waals surface area contributed by atoms with Crippen molar-refractivity contribution in [2.75, 3.05) is 13.7 Å². The molecule has 1 aromatic heterocycles. The highest BCUT2D eigenvalue weighted by Crippen LogP contribution is 2.19. The van der Waals surface area contributed by atoms with Crippen molar-refractivity contribution < 1.29 is 13.2 Å². The molecule has 0 amide bonds. The van der Waals surface area contributed by atoms with Gasteiger partial charge in [-0.1, -0.05) is 0 Å². The molecule has 2 unspecified atom stereocenters. The van der Waals surface area contributed by atoms with Crippen LogP contribution < -0.4 is 10.0 Å². The molecular weight excluding hydrogens is 280 g/mol. The van der Waals surface area contributed by atoms with Crippen molar-refractivity contribution in [2.24, 2.45) is 0 Å². The van der Waals surface area contributed by atoms with Crippen molar-refractivity contribution >= 4 is 10.0 Å². The number of hydrogen-bond acceptors (Lipinski definition) is 5. The molecule has 1 aliphatic heterocycles. The molecule has 1 fully saturated rings. The van der Waals surface area contributed by atoms with E-state index in [2.05, 4.69) is 20.2 Å². The molecule has 20 heavy (non-hydrogen) atoms. The molecule has 2 atom stereocenters. The van der Waals surface area contributed by atoms with Crippen LogP contribution in [-0.2, 0) is 21.3 Å². The van der Waals surface area contributed by atoms with Crippen LogP contribution in [0.4, 0.5) is 0 Å². The lowest BCUT2D eigenvalue weighted by Crippen LogP contribution is -2.41. The van der Waals surface area contributed by atoms with Crippen LogP contribution in [0.25, 0.3) is 0 Å². The normalized spacial score (nSPS) is 23.9. The second-order valence-corrected chi connectivity index (χ2v) is 6.82. The largest absolute Gasteiger partial charge is 0.378 e. The number of rotatable bonds is 5. The Kier molecular flexibility index (Phi) is 4.79. The Labute approximate surface area is 119 Å². The summed E-state index contributed by atoms with van der Waals surface area (Å²) < 4.78 is 33.1. The molecule has 0 aromatic carbocycles. The van der Waals surface area contributed by atoms with Crippen molar-refractivity contribution in [2.45, 2.75) is 50.4 Å². The van der Waals surface area contributed by atoms with Crippen LogP contribution in [0.3, 0.4) is 0 Å². The Morgan fingerprint density at radius 2 is 2.25 bits per heavy atom. The third-order valence-corrected chi connectivity index (χ3v) is 4.94. The molecule has 8 heteroatoms. The summed E-state index contributed by atoms with van der Waals surface area (Å²) in [6.07, 6.45) is 1.45. The predicted molar refractivity (Wildman–Crippen MR) is 74.8 cm³/mol. The van der Waals surface area contributed by atoms with Gasteiger partial charge in [0.1, 0.15) is 0 Å². The Morgan fingerprint density at radius 1 is 1.50 bits per heavy atom. The summed E-state index contributed by atoms with van der Waals surface area (Å²) in [4.78, 5) is 0. The predicted octanol–water partition coefficient (Wildman–Crippen LogP) is 0.283. The maximum absolute atomic E-state index is 12.5. The second kappa shape index (κ2) is 6.21. The van der Waals surface area contributed by atoms with Gasteiger partial charge in [0, 0.05) is 30.5 Å². The van der Waals surface area contributed by atoms with E-state index < -0.39 is 10.0 Å². The highest BCUT2D eigenvalue weighted by molar-refractivity contribution is 7.89. The van der Waals surface area contributed by atoms with Gasteiger partial charge in [0.25, 0.3) is 10.0 Å². The molecule has 0 bridgehead atoms. The zero-order valence-corrected chi connectivity index (χ0v) is 12.9. The molecule has 0 saturated carbocycles. The summed E-state index contributed by atoms with van der Waals surface area (Å²) in [6.45, 7) is 4.81. The van der Waals surface area contributed by atoms with Crippen LogP contribution in [0.2, 0.25) is 0 Å². The molecule has 114 valence electrons. The van der Waals surface area contributed by atoms with Crippen LogP contribution in [0, 0.1) is 6.92 Å². The number of aryl methyl sites for hydroxylation is 1. The van der Waals surface area contributed by atoms with Crippen molar-refractivity contribution in [3.05, 3.63) is 11.3 Å². The average molecular weight is 302 g/mol. The van der Waals surface area contributed by atoms with Gasteiger partial charge in [-0.2, -0.15) is 5.10 Å². The van der Waals surface area contributed by atoms with E-state index in [1.807, 2.05) is 13.8 Å². The average Bonchev–Trinajstić information content (AvgIpc) is 2.72. The van der Waals surface area contributed by atoms with E-state index in [0.717, 1.165) is 5.69 Å². The van der Waals surface area contributed by atoms with Gasteiger partial charge >= 0.3 is 0 Å². The Morgan fingerprint density at radius 3 is 2.90 bits per heavy atom. The number of nitrogens with zero attached hydrogens (tertiary/aromatic N) is 1. The maximum atomic E-state index is 12.5. The minimum absolute atomic E-state index is 0.0779. The van der Waals surface area contributed by atoms with E-state index in [-0.39, 0.29) is 17.2 Å². The first-order valence-corrected chi connectivity index (χ1v) is 8.24. The standard InChI is InChI=1S/C12H22N4O3S/c1-8-6-10(4-5-19-8)16-20(17,18)12-11(7-13-3)9(2)14-15-12/h8,10,13,16H,4-7H2,1-3H3,(H,14,15). The first kappa shape index (κ1) is 15.4. The quantitative estimate of drug-likeness (QED) is 0.726. The molecule has 2 heterocycles. The summed E-state index contributed by atoms with van der Waals surface area (Å²) in [5, 5.41) is 9.73. The highest BCUT2D eigenvalue weighted by Gasteiger charge is 2.29. The van der Waals surface area contributed by atoms with E-state index in [4.69, 9.17) is 4.74 Å². The van der Waals surface area contributed by atoms with E-state index in [9.17, 15) is 8.42 Å². The highest BCUT2D eigenvalue weighted by atomic mass is 32.2. The van der Waals surface area contributed by atoms with Gasteiger partial charge in [-0.25, -0.2) is 13.1 Å². The number of hydrogen-bond donors (Lipinski definition) is 3. The fourth-order valence-corrected chi connectivity index (χ4v) is 3.90. The van der Waals surface area contributed by atoms with Crippen molar-refractivity contribution in [1.82, 2.24) is 20.2 Å². The molecule has 0 aliphatic carbocycles. The van der Waals surface area contributed by atoms with Crippen molar-refractivity contribution in [3.63, 3.8) is 0 Å². The van der Waals surface area contributed by atoms with Crippen molar-refractivity contribution in [1.29, 1.82) is 0 Å². The Balaban J connectivity index is 2.18. The molecule has 1 aromatic rings. The Bertz CT molecular complexity index is 555. The summed E-state index contributed by atoms with van der Waals surface area (Å²) >= 11 is 0. The zero-order valence-electron chi connectivity index (χ0n) is 12.1. The molecule has 0 radical (unpaired) electrons. The van der Waals surface area contributed by atoms with Crippen LogP contribution in [0.15, 0.2) is 5.03 Å². The van der Waals surface area contributed by atoms with Gasteiger partial charge in [-0.3, -0.25) is 5.10 Å². The van der Waals surface area contributed by atoms with Gasteiger partial charge < -0.3 is 10.1 Å². The summed E-state index contributed by atoms with van der Waals surface area (Å²) in [6, 6.07) is -0.0943. The maximum Gasteiger partial charge on any atom is 0.260 e. The lowest BCUT2D eigenvalue weighted by Gasteiger charge is -2.27. The number of aromatic nitrogens is 2. The lowest BCUT2D eigenvalue weighted by atomic mass is 10.1. The van der Waals surface area contributed by atoms with E-state index in [1.54, 1.807) is 7.05 Å². The fourth-order valence-electron chi connectivity index (χ4n) is 2.42. The zero-order chi connectivity index (χ0) is 14.8. The van der Waals surface area contributed by atoms with E-state index in [0.29, 0.717) is 31.6 Å². The number of nitrogens with one attached hydrogen (secondary N) is 3. The molecule has 1 saturated heterocycles. The van der Waals surface area contributed by atoms with Crippen molar-refractivity contribution in [3.8, 4) is 0 Å². The third-order valence-electron chi connectivity index (χ3n) is 3.45. The molecule has 1 aliphatic rings. The van der Waals surface area contributed by atoms with Gasteiger partial charge in [0.05, 0.1) is 6.10 Å². The van der Waals surface area contributed by atoms with Crippen LogP contribution in [-0.4, -0.2) is 44.4 Å². The number of sulfonamides is 1. The second-order valence-electron chi connectivity index (χ2n) is 5.19. The van der Waals surface area contributed by atoms with Gasteiger partial charge in [-0.05, 0) is 33.7 Å². The summed E-state index contributed by atoms with van der Waals surface area (Å²) in [7, 11) is -1.83. The SMILES string of the molecule is CNCc1c(S(=O)(=O)NC2CCOC(C)C2)n[nH]c1C. The van der Waals surface area contributed by atoms with Crippen LogP contribution in [0.1, 0.15) is 31.0 Å². The van der Waals surface area contributed by atoms with Gasteiger partial charge in [0.15, 0.2) is 5.03 Å². The topological polar surface area (TPSA) is 96.1 Å². The van der Waals surface area contributed by atoms with Crippen LogP contribution >= 0.6 is 0 Å². The minimum atomic E-state index is -3.60. The fraction of sp³-hybridized carbons (Fsp3) is 0.750. The van der Waals surface area contributed by atoms with Gasteiger partial charge in [-0.15, -0.1) is 0 Å². The number of H-pyrrole nitrogens is 1. The smallest absolute Gasteiger partial charge is 0.260 e. The lowest BCUT2D eigenvalue weighted by molar-refractivity contribution is 0.0173. The summed E-state index contributed by atoms with van der Waals surface area (Å²) in [5.41, 5.74) is 1.44. The number of aromatic amines is 1. The monoisotopic (exact) mass is 302 g/mol. The van der Waals surface area contributed by atoms with E-state index >= 15 is 0 Å². The Hall–Kier alpha value is -0.960. The molecule has 0 spiro atoms. The molecule has 2 rings (SSSR count). The molecule has 3 N–H and O–H groups in total. The minimum Gasteiger partial charge on any atom is -0.378 e. The molecular formula is C12H22N4O3S. The van der Waals surface area contributed by atoms with Gasteiger partial charge in [0.2, 0.25) is 0 Å². The van der Waals surface area contributed by atoms with E-state index in [1.165, 1.54) is 0 Å². The first-order valence-electron chi connectivity index (χ1n) is 6.76. The molecule has 7 nitrogen and oxygen atoms in total. The number of ether oxygens (including phenoxy) is 1.